The number of benzene rings is 1. The number of amides is 1. The van der Waals surface area contributed by atoms with E-state index in [1.165, 1.54) is 6.42 Å². The first-order chi connectivity index (χ1) is 13.5. The quantitative estimate of drug-likeness (QED) is 0.836. The minimum Gasteiger partial charge on any atom is -0.451 e. The summed E-state index contributed by atoms with van der Waals surface area (Å²) in [6.45, 7) is 2.96. The van der Waals surface area contributed by atoms with Gasteiger partial charge in [0.05, 0.1) is 4.90 Å². The summed E-state index contributed by atoms with van der Waals surface area (Å²) in [6.07, 6.45) is 8.39. The third-order valence-corrected chi connectivity index (χ3v) is 7.90. The molecular weight excluding hydrogens is 376 g/mol. The Labute approximate surface area is 166 Å². The Morgan fingerprint density at radius 1 is 1.07 bits per heavy atom. The van der Waals surface area contributed by atoms with Gasteiger partial charge in [-0.1, -0.05) is 25.7 Å². The number of piperidine rings is 1. The van der Waals surface area contributed by atoms with Gasteiger partial charge in [-0.15, -0.1) is 0 Å². The van der Waals surface area contributed by atoms with E-state index in [1.54, 1.807) is 22.5 Å². The van der Waals surface area contributed by atoms with Crippen LogP contribution in [0.1, 0.15) is 67.5 Å². The standard InChI is InChI=1S/C21H28N2O4S/c1-15-18-14-17(28(25,26)23-12-6-3-7-13-23)10-11-19(18)27-20(15)21(24)22-16-8-4-2-5-9-16/h10-11,14,16H,2-9,12-13H2,1H3,(H,22,24). The molecule has 0 radical (unpaired) electrons. The monoisotopic (exact) mass is 404 g/mol. The molecule has 2 fully saturated rings. The van der Waals surface area contributed by atoms with E-state index in [0.717, 1.165) is 44.9 Å². The summed E-state index contributed by atoms with van der Waals surface area (Å²) in [7, 11) is -3.51. The Kier molecular flexibility index (Phi) is 5.47. The second-order valence-corrected chi connectivity index (χ2v) is 9.93. The fourth-order valence-corrected chi connectivity index (χ4v) is 5.87. The molecule has 1 saturated heterocycles. The first-order valence-corrected chi connectivity index (χ1v) is 11.7. The predicted molar refractivity (Wildman–Crippen MR) is 108 cm³/mol. The van der Waals surface area contributed by atoms with Gasteiger partial charge < -0.3 is 9.73 Å². The molecule has 1 saturated carbocycles. The molecule has 0 spiro atoms. The van der Waals surface area contributed by atoms with Gasteiger partial charge in [0, 0.05) is 30.1 Å². The highest BCUT2D eigenvalue weighted by molar-refractivity contribution is 7.89. The van der Waals surface area contributed by atoms with Gasteiger partial charge in [0.2, 0.25) is 10.0 Å². The van der Waals surface area contributed by atoms with E-state index in [1.807, 2.05) is 6.92 Å². The number of hydrogen-bond donors (Lipinski definition) is 1. The molecule has 28 heavy (non-hydrogen) atoms. The van der Waals surface area contributed by atoms with Crippen molar-refractivity contribution in [2.45, 2.75) is 69.2 Å². The smallest absolute Gasteiger partial charge is 0.287 e. The fraction of sp³-hybridized carbons (Fsp3) is 0.571. The maximum Gasteiger partial charge on any atom is 0.287 e. The second kappa shape index (κ2) is 7.87. The van der Waals surface area contributed by atoms with Gasteiger partial charge in [0.1, 0.15) is 5.58 Å². The fourth-order valence-electron chi connectivity index (χ4n) is 4.33. The van der Waals surface area contributed by atoms with Crippen molar-refractivity contribution >= 4 is 26.9 Å². The Bertz CT molecular complexity index is 968. The summed E-state index contributed by atoms with van der Waals surface area (Å²) in [5.41, 5.74) is 1.24. The molecule has 1 aromatic heterocycles. The molecule has 7 heteroatoms. The van der Waals surface area contributed by atoms with Crippen molar-refractivity contribution in [1.29, 1.82) is 0 Å². The average Bonchev–Trinajstić information content (AvgIpc) is 3.06. The number of furan rings is 1. The molecule has 152 valence electrons. The molecule has 2 aliphatic rings. The van der Waals surface area contributed by atoms with E-state index in [4.69, 9.17) is 4.42 Å². The number of carbonyl (C=O) groups excluding carboxylic acids is 1. The summed E-state index contributed by atoms with van der Waals surface area (Å²) in [5, 5.41) is 3.76. The number of carbonyl (C=O) groups is 1. The molecule has 1 aliphatic carbocycles. The summed E-state index contributed by atoms with van der Waals surface area (Å²) >= 11 is 0. The van der Waals surface area contributed by atoms with E-state index in [2.05, 4.69) is 5.32 Å². The SMILES string of the molecule is Cc1c(C(=O)NC2CCCCC2)oc2ccc(S(=O)(=O)N3CCCCC3)cc12. The lowest BCUT2D eigenvalue weighted by atomic mass is 9.95. The van der Waals surface area contributed by atoms with Crippen molar-refractivity contribution in [2.24, 2.45) is 0 Å². The summed E-state index contributed by atoms with van der Waals surface area (Å²) in [6, 6.07) is 5.09. The van der Waals surface area contributed by atoms with Gasteiger partial charge in [0.15, 0.2) is 5.76 Å². The predicted octanol–water partition coefficient (Wildman–Crippen LogP) is 3.98. The highest BCUT2D eigenvalue weighted by atomic mass is 32.2. The zero-order valence-electron chi connectivity index (χ0n) is 16.4. The molecule has 0 bridgehead atoms. The van der Waals surface area contributed by atoms with Gasteiger partial charge >= 0.3 is 0 Å². The van der Waals surface area contributed by atoms with E-state index in [9.17, 15) is 13.2 Å². The largest absolute Gasteiger partial charge is 0.451 e. The zero-order chi connectivity index (χ0) is 19.7. The first kappa shape index (κ1) is 19.5. The van der Waals surface area contributed by atoms with E-state index < -0.39 is 10.0 Å². The minimum atomic E-state index is -3.51. The van der Waals surface area contributed by atoms with Crippen molar-refractivity contribution in [1.82, 2.24) is 9.62 Å². The maximum atomic E-state index is 13.0. The molecular formula is C21H28N2O4S. The van der Waals surface area contributed by atoms with Crippen LogP contribution in [0.25, 0.3) is 11.0 Å². The van der Waals surface area contributed by atoms with Crippen molar-refractivity contribution < 1.29 is 17.6 Å². The normalized spacial score (nSPS) is 19.8. The highest BCUT2D eigenvalue weighted by Gasteiger charge is 2.28. The lowest BCUT2D eigenvalue weighted by molar-refractivity contribution is 0.0901. The van der Waals surface area contributed by atoms with E-state index in [0.29, 0.717) is 29.6 Å². The molecule has 2 heterocycles. The van der Waals surface area contributed by atoms with Crippen LogP contribution < -0.4 is 5.32 Å². The zero-order valence-corrected chi connectivity index (χ0v) is 17.2. The molecule has 1 aromatic carbocycles. The Morgan fingerprint density at radius 3 is 2.46 bits per heavy atom. The summed E-state index contributed by atoms with van der Waals surface area (Å²) < 4.78 is 33.3. The Balaban J connectivity index is 1.61. The van der Waals surface area contributed by atoms with Crippen molar-refractivity contribution in [2.75, 3.05) is 13.1 Å². The van der Waals surface area contributed by atoms with Crippen molar-refractivity contribution in [3.63, 3.8) is 0 Å². The number of nitrogens with one attached hydrogen (secondary N) is 1. The number of hydrogen-bond acceptors (Lipinski definition) is 4. The van der Waals surface area contributed by atoms with Crippen molar-refractivity contribution in [3.05, 3.63) is 29.5 Å². The van der Waals surface area contributed by atoms with Gasteiger partial charge in [0.25, 0.3) is 5.91 Å². The van der Waals surface area contributed by atoms with E-state index in [-0.39, 0.29) is 22.6 Å². The Hall–Kier alpha value is -1.86. The van der Waals surface area contributed by atoms with Crippen LogP contribution in [0, 0.1) is 6.92 Å². The summed E-state index contributed by atoms with van der Waals surface area (Å²) in [5.74, 6) is 0.0779. The van der Waals surface area contributed by atoms with Crippen LogP contribution in [-0.4, -0.2) is 37.8 Å². The number of rotatable bonds is 4. The third-order valence-electron chi connectivity index (χ3n) is 6.01. The lowest BCUT2D eigenvalue weighted by Crippen LogP contribution is -2.36. The maximum absolute atomic E-state index is 13.0. The number of aryl methyl sites for hydroxylation is 1. The first-order valence-electron chi connectivity index (χ1n) is 10.3. The van der Waals surface area contributed by atoms with Crippen LogP contribution in [-0.2, 0) is 10.0 Å². The van der Waals surface area contributed by atoms with E-state index >= 15 is 0 Å². The molecule has 0 atom stereocenters. The van der Waals surface area contributed by atoms with Gasteiger partial charge in [-0.25, -0.2) is 8.42 Å². The topological polar surface area (TPSA) is 79.6 Å². The van der Waals surface area contributed by atoms with Gasteiger partial charge in [-0.3, -0.25) is 4.79 Å². The van der Waals surface area contributed by atoms with Crippen LogP contribution >= 0.6 is 0 Å². The number of nitrogens with zero attached hydrogens (tertiary/aromatic N) is 1. The highest BCUT2D eigenvalue weighted by Crippen LogP contribution is 2.30. The van der Waals surface area contributed by atoms with Crippen molar-refractivity contribution in [3.8, 4) is 0 Å². The number of fused-ring (bicyclic) bond motifs is 1. The van der Waals surface area contributed by atoms with Crippen LogP contribution in [0.5, 0.6) is 0 Å². The molecule has 1 amide bonds. The molecule has 1 N–H and O–H groups in total. The van der Waals surface area contributed by atoms with Gasteiger partial charge in [-0.05, 0) is 50.8 Å². The van der Waals surface area contributed by atoms with Crippen LogP contribution in [0.4, 0.5) is 0 Å². The summed E-state index contributed by atoms with van der Waals surface area (Å²) in [4.78, 5) is 13.0. The number of sulfonamides is 1. The van der Waals surface area contributed by atoms with Crippen LogP contribution in [0.15, 0.2) is 27.5 Å². The molecule has 0 unspecified atom stereocenters. The average molecular weight is 405 g/mol. The molecule has 4 rings (SSSR count). The van der Waals surface area contributed by atoms with Crippen LogP contribution in [0.3, 0.4) is 0 Å². The van der Waals surface area contributed by atoms with Crippen LogP contribution in [0.2, 0.25) is 0 Å². The lowest BCUT2D eigenvalue weighted by Gasteiger charge is -2.25. The Morgan fingerprint density at radius 2 is 1.75 bits per heavy atom. The molecule has 6 nitrogen and oxygen atoms in total. The van der Waals surface area contributed by atoms with Gasteiger partial charge in [-0.2, -0.15) is 4.31 Å². The molecule has 2 aromatic rings. The second-order valence-electron chi connectivity index (χ2n) is 7.99. The third kappa shape index (κ3) is 3.70. The molecule has 1 aliphatic heterocycles. The minimum absolute atomic E-state index is 0.198.